The molecule has 0 amide bonds. The van der Waals surface area contributed by atoms with Gasteiger partial charge in [-0.25, -0.2) is 4.39 Å². The molecule has 0 saturated heterocycles. The van der Waals surface area contributed by atoms with Gasteiger partial charge in [0.1, 0.15) is 5.82 Å². The fraction of sp³-hybridized carbons (Fsp3) is 0.250. The molecule has 4 heteroatoms. The summed E-state index contributed by atoms with van der Waals surface area (Å²) in [6, 6.07) is 4.46. The van der Waals surface area contributed by atoms with Crippen molar-refractivity contribution in [1.29, 1.82) is 0 Å². The van der Waals surface area contributed by atoms with Crippen LogP contribution >= 0.6 is 27.5 Å². The van der Waals surface area contributed by atoms with Crippen LogP contribution in [-0.4, -0.2) is 11.0 Å². The second-order valence-corrected chi connectivity index (χ2v) is 3.56. The maximum Gasteiger partial charge on any atom is 0.130 e. The van der Waals surface area contributed by atoms with Gasteiger partial charge in [-0.2, -0.15) is 0 Å². The Kier molecular flexibility index (Phi) is 3.50. The third kappa shape index (κ3) is 2.19. The van der Waals surface area contributed by atoms with Crippen molar-refractivity contribution >= 4 is 27.5 Å². The highest BCUT2D eigenvalue weighted by molar-refractivity contribution is 9.10. The highest BCUT2D eigenvalue weighted by Crippen LogP contribution is 2.21. The molecule has 1 rings (SSSR count). The smallest absolute Gasteiger partial charge is 0.130 e. The predicted molar refractivity (Wildman–Crippen MR) is 49.8 cm³/mol. The van der Waals surface area contributed by atoms with Gasteiger partial charge in [-0.3, -0.25) is 0 Å². The molecule has 66 valence electrons. The van der Waals surface area contributed by atoms with E-state index < -0.39 is 11.9 Å². The first-order chi connectivity index (χ1) is 5.65. The molecular weight excluding hydrogens is 246 g/mol. The number of aliphatic hydroxyl groups is 1. The second-order valence-electron chi connectivity index (χ2n) is 2.34. The minimum Gasteiger partial charge on any atom is -0.387 e. The molecule has 1 nitrogen and oxygen atoms in total. The van der Waals surface area contributed by atoms with Crippen molar-refractivity contribution in [2.24, 2.45) is 0 Å². The van der Waals surface area contributed by atoms with Gasteiger partial charge >= 0.3 is 0 Å². The van der Waals surface area contributed by atoms with E-state index in [0.29, 0.717) is 4.47 Å². The molecule has 0 fully saturated rings. The predicted octanol–water partition coefficient (Wildman–Crippen LogP) is 2.86. The first kappa shape index (κ1) is 9.96. The van der Waals surface area contributed by atoms with E-state index in [1.807, 2.05) is 0 Å². The van der Waals surface area contributed by atoms with E-state index >= 15 is 0 Å². The maximum absolute atomic E-state index is 13.0. The van der Waals surface area contributed by atoms with Gasteiger partial charge in [0.25, 0.3) is 0 Å². The van der Waals surface area contributed by atoms with Crippen LogP contribution in [0.15, 0.2) is 22.7 Å². The lowest BCUT2D eigenvalue weighted by atomic mass is 10.1. The molecule has 12 heavy (non-hydrogen) atoms. The van der Waals surface area contributed by atoms with E-state index in [1.54, 1.807) is 6.07 Å². The van der Waals surface area contributed by atoms with Crippen molar-refractivity contribution in [2.45, 2.75) is 6.10 Å². The van der Waals surface area contributed by atoms with E-state index in [2.05, 4.69) is 15.9 Å². The lowest BCUT2D eigenvalue weighted by molar-refractivity contribution is 0.197. The molecule has 0 bridgehead atoms. The number of hydrogen-bond acceptors (Lipinski definition) is 1. The van der Waals surface area contributed by atoms with Crippen LogP contribution in [0.2, 0.25) is 0 Å². The van der Waals surface area contributed by atoms with Crippen molar-refractivity contribution in [3.8, 4) is 0 Å². The molecule has 1 aromatic rings. The Morgan fingerprint density at radius 2 is 2.25 bits per heavy atom. The monoisotopic (exact) mass is 252 g/mol. The quantitative estimate of drug-likeness (QED) is 0.804. The topological polar surface area (TPSA) is 20.2 Å². The molecule has 0 heterocycles. The average Bonchev–Trinajstić information content (AvgIpc) is 2.03. The van der Waals surface area contributed by atoms with Gasteiger partial charge in [-0.1, -0.05) is 22.0 Å². The first-order valence-corrected chi connectivity index (χ1v) is 4.67. The summed E-state index contributed by atoms with van der Waals surface area (Å²) in [5.74, 6) is -0.448. The lowest BCUT2D eigenvalue weighted by Gasteiger charge is -2.07. The summed E-state index contributed by atoms with van der Waals surface area (Å²) in [4.78, 5) is 0. The highest BCUT2D eigenvalue weighted by atomic mass is 79.9. The summed E-state index contributed by atoms with van der Waals surface area (Å²) < 4.78 is 13.7. The van der Waals surface area contributed by atoms with Crippen LogP contribution in [0, 0.1) is 5.82 Å². The van der Waals surface area contributed by atoms with Gasteiger partial charge in [-0.05, 0) is 12.1 Å². The standard InChI is InChI=1S/C8H7BrClFO/c9-5-1-2-6(7(11)3-5)8(12)4-10/h1-3,8,12H,4H2/t8-/m0/s1. The molecule has 0 spiro atoms. The molecule has 0 radical (unpaired) electrons. The van der Waals surface area contributed by atoms with Crippen molar-refractivity contribution < 1.29 is 9.50 Å². The van der Waals surface area contributed by atoms with Gasteiger partial charge in [0, 0.05) is 10.0 Å². The molecule has 0 aliphatic heterocycles. The molecule has 0 aromatic heterocycles. The van der Waals surface area contributed by atoms with Crippen LogP contribution < -0.4 is 0 Å². The Morgan fingerprint density at radius 3 is 2.75 bits per heavy atom. The summed E-state index contributed by atoms with van der Waals surface area (Å²) >= 11 is 8.48. The molecule has 0 unspecified atom stereocenters. The van der Waals surface area contributed by atoms with Gasteiger partial charge < -0.3 is 5.11 Å². The summed E-state index contributed by atoms with van der Waals surface area (Å²) in [6.45, 7) is 0. The van der Waals surface area contributed by atoms with E-state index in [-0.39, 0.29) is 11.4 Å². The summed E-state index contributed by atoms with van der Waals surface area (Å²) in [6.07, 6.45) is -0.931. The second kappa shape index (κ2) is 4.21. The van der Waals surface area contributed by atoms with Crippen molar-refractivity contribution in [2.75, 3.05) is 5.88 Å². The molecular formula is C8H7BrClFO. The Labute approximate surface area is 83.3 Å². The molecule has 1 aromatic carbocycles. The molecule has 0 saturated carbocycles. The van der Waals surface area contributed by atoms with Crippen molar-refractivity contribution in [1.82, 2.24) is 0 Å². The zero-order valence-corrected chi connectivity index (χ0v) is 8.44. The largest absolute Gasteiger partial charge is 0.387 e. The third-order valence-electron chi connectivity index (χ3n) is 1.47. The lowest BCUT2D eigenvalue weighted by Crippen LogP contribution is -2.01. The van der Waals surface area contributed by atoms with E-state index in [4.69, 9.17) is 11.6 Å². The number of halogens is 3. The zero-order valence-electron chi connectivity index (χ0n) is 6.10. The fourth-order valence-corrected chi connectivity index (χ4v) is 1.35. The van der Waals surface area contributed by atoms with E-state index in [1.165, 1.54) is 12.1 Å². The average molecular weight is 253 g/mol. The number of hydrogen-bond donors (Lipinski definition) is 1. The number of aliphatic hydroxyl groups excluding tert-OH is 1. The zero-order chi connectivity index (χ0) is 9.14. The van der Waals surface area contributed by atoms with Crippen LogP contribution in [0.5, 0.6) is 0 Å². The van der Waals surface area contributed by atoms with Gasteiger partial charge in [0.2, 0.25) is 0 Å². The Bertz CT molecular complexity index is 280. The van der Waals surface area contributed by atoms with Crippen molar-refractivity contribution in [3.63, 3.8) is 0 Å². The van der Waals surface area contributed by atoms with Gasteiger partial charge in [-0.15, -0.1) is 11.6 Å². The Hall–Kier alpha value is -0.120. The first-order valence-electron chi connectivity index (χ1n) is 3.34. The number of benzene rings is 1. The number of rotatable bonds is 2. The van der Waals surface area contributed by atoms with Crippen molar-refractivity contribution in [3.05, 3.63) is 34.1 Å². The van der Waals surface area contributed by atoms with Crippen LogP contribution in [-0.2, 0) is 0 Å². The molecule has 1 N–H and O–H groups in total. The Balaban J connectivity index is 3.01. The minimum atomic E-state index is -0.931. The van der Waals surface area contributed by atoms with Crippen LogP contribution in [0.3, 0.4) is 0 Å². The van der Waals surface area contributed by atoms with Gasteiger partial charge in [0.15, 0.2) is 0 Å². The minimum absolute atomic E-state index is 0.00144. The third-order valence-corrected chi connectivity index (χ3v) is 2.25. The summed E-state index contributed by atoms with van der Waals surface area (Å²) in [5, 5.41) is 9.21. The maximum atomic E-state index is 13.0. The normalized spacial score (nSPS) is 13.0. The van der Waals surface area contributed by atoms with E-state index in [0.717, 1.165) is 0 Å². The Morgan fingerprint density at radius 1 is 1.58 bits per heavy atom. The molecule has 1 atom stereocenters. The summed E-state index contributed by atoms with van der Waals surface area (Å²) in [7, 11) is 0. The molecule has 0 aliphatic carbocycles. The fourth-order valence-electron chi connectivity index (χ4n) is 0.855. The van der Waals surface area contributed by atoms with Crippen LogP contribution in [0.25, 0.3) is 0 Å². The van der Waals surface area contributed by atoms with E-state index in [9.17, 15) is 9.50 Å². The SMILES string of the molecule is O[C@@H](CCl)c1ccc(Br)cc1F. The van der Waals surface area contributed by atoms with Gasteiger partial charge in [0.05, 0.1) is 12.0 Å². The molecule has 0 aliphatic rings. The van der Waals surface area contributed by atoms with Crippen LogP contribution in [0.4, 0.5) is 4.39 Å². The summed E-state index contributed by atoms with van der Waals surface area (Å²) in [5.41, 5.74) is 0.230. The van der Waals surface area contributed by atoms with Crippen LogP contribution in [0.1, 0.15) is 11.7 Å². The number of alkyl halides is 1. The highest BCUT2D eigenvalue weighted by Gasteiger charge is 2.10.